The number of hydrogen-bond acceptors (Lipinski definition) is 2. The normalized spacial score (nSPS) is 10.4. The van der Waals surface area contributed by atoms with Gasteiger partial charge in [-0.1, -0.05) is 0 Å². The smallest absolute Gasteiger partial charge is 0.255 e. The van der Waals surface area contributed by atoms with Crippen molar-refractivity contribution in [1.82, 2.24) is 0 Å². The van der Waals surface area contributed by atoms with Crippen molar-refractivity contribution in [2.24, 2.45) is 0 Å². The molecule has 0 saturated carbocycles. The highest BCUT2D eigenvalue weighted by Gasteiger charge is 2.11. The van der Waals surface area contributed by atoms with E-state index in [2.05, 4.69) is 37.2 Å². The molecule has 0 aliphatic carbocycles. The number of carbonyl (C=O) groups is 1. The van der Waals surface area contributed by atoms with Crippen LogP contribution in [0.5, 0.6) is 0 Å². The number of amides is 1. The SMILES string of the molecule is Cc1cc(Br)c(NC(=O)c2ccc(Br)c(F)c2)cc1N. The van der Waals surface area contributed by atoms with Crippen LogP contribution in [-0.2, 0) is 0 Å². The van der Waals surface area contributed by atoms with Crippen LogP contribution in [0.25, 0.3) is 0 Å². The average molecular weight is 402 g/mol. The van der Waals surface area contributed by atoms with Gasteiger partial charge < -0.3 is 11.1 Å². The molecule has 3 N–H and O–H groups in total. The third kappa shape index (κ3) is 3.19. The van der Waals surface area contributed by atoms with Gasteiger partial charge in [0.25, 0.3) is 5.91 Å². The second kappa shape index (κ2) is 5.93. The number of nitrogens with two attached hydrogens (primary N) is 1. The Morgan fingerprint density at radius 3 is 2.55 bits per heavy atom. The second-order valence-corrected chi connectivity index (χ2v) is 5.98. The van der Waals surface area contributed by atoms with E-state index in [0.717, 1.165) is 10.0 Å². The van der Waals surface area contributed by atoms with Gasteiger partial charge in [-0.15, -0.1) is 0 Å². The van der Waals surface area contributed by atoms with Crippen molar-refractivity contribution in [3.63, 3.8) is 0 Å². The molecule has 0 aromatic heterocycles. The van der Waals surface area contributed by atoms with Gasteiger partial charge in [0, 0.05) is 15.7 Å². The largest absolute Gasteiger partial charge is 0.398 e. The molecule has 0 fully saturated rings. The lowest BCUT2D eigenvalue weighted by Crippen LogP contribution is -2.13. The van der Waals surface area contributed by atoms with E-state index in [1.807, 2.05) is 13.0 Å². The summed E-state index contributed by atoms with van der Waals surface area (Å²) in [7, 11) is 0. The van der Waals surface area contributed by atoms with Gasteiger partial charge in [0.1, 0.15) is 5.82 Å². The number of hydrogen-bond donors (Lipinski definition) is 2. The minimum absolute atomic E-state index is 0.233. The summed E-state index contributed by atoms with van der Waals surface area (Å²) < 4.78 is 14.5. The van der Waals surface area contributed by atoms with Gasteiger partial charge in [-0.25, -0.2) is 4.39 Å². The minimum atomic E-state index is -0.486. The monoisotopic (exact) mass is 400 g/mol. The molecule has 0 bridgehead atoms. The van der Waals surface area contributed by atoms with Crippen LogP contribution in [-0.4, -0.2) is 5.91 Å². The number of benzene rings is 2. The van der Waals surface area contributed by atoms with Crippen LogP contribution in [0.2, 0.25) is 0 Å². The Bertz CT molecular complexity index is 689. The summed E-state index contributed by atoms with van der Waals surface area (Å²) in [6.07, 6.45) is 0. The number of nitrogen functional groups attached to an aromatic ring is 1. The molecule has 0 aliphatic heterocycles. The van der Waals surface area contributed by atoms with Crippen molar-refractivity contribution in [1.29, 1.82) is 0 Å². The predicted octanol–water partition coefficient (Wildman–Crippen LogP) is 4.49. The first-order valence-corrected chi connectivity index (χ1v) is 7.29. The molecule has 0 heterocycles. The molecule has 0 unspecified atom stereocenters. The van der Waals surface area contributed by atoms with Crippen LogP contribution < -0.4 is 11.1 Å². The van der Waals surface area contributed by atoms with E-state index < -0.39 is 11.7 Å². The topological polar surface area (TPSA) is 55.1 Å². The van der Waals surface area contributed by atoms with E-state index in [0.29, 0.717) is 15.8 Å². The Labute approximate surface area is 132 Å². The fourth-order valence-electron chi connectivity index (χ4n) is 1.62. The molecule has 2 rings (SSSR count). The summed E-state index contributed by atoms with van der Waals surface area (Å²) >= 11 is 6.40. The van der Waals surface area contributed by atoms with Crippen molar-refractivity contribution < 1.29 is 9.18 Å². The third-order valence-electron chi connectivity index (χ3n) is 2.79. The summed E-state index contributed by atoms with van der Waals surface area (Å²) in [6.45, 7) is 1.87. The van der Waals surface area contributed by atoms with Crippen molar-refractivity contribution in [2.45, 2.75) is 6.92 Å². The van der Waals surface area contributed by atoms with Gasteiger partial charge in [0.15, 0.2) is 0 Å². The maximum Gasteiger partial charge on any atom is 0.255 e. The number of rotatable bonds is 2. The van der Waals surface area contributed by atoms with Gasteiger partial charge in [-0.3, -0.25) is 4.79 Å². The fourth-order valence-corrected chi connectivity index (χ4v) is 2.42. The summed E-state index contributed by atoms with van der Waals surface area (Å²) in [5.74, 6) is -0.888. The van der Waals surface area contributed by atoms with Crippen LogP contribution in [0, 0.1) is 12.7 Å². The lowest BCUT2D eigenvalue weighted by molar-refractivity contribution is 0.102. The molecule has 0 spiro atoms. The van der Waals surface area contributed by atoms with E-state index in [4.69, 9.17) is 5.73 Å². The fraction of sp³-hybridized carbons (Fsp3) is 0.0714. The number of aryl methyl sites for hydroxylation is 1. The third-order valence-corrected chi connectivity index (χ3v) is 4.08. The van der Waals surface area contributed by atoms with E-state index in [1.54, 1.807) is 6.07 Å². The number of carbonyl (C=O) groups excluding carboxylic acids is 1. The quantitative estimate of drug-likeness (QED) is 0.728. The Kier molecular flexibility index (Phi) is 4.45. The molecule has 3 nitrogen and oxygen atoms in total. The Morgan fingerprint density at radius 1 is 1.20 bits per heavy atom. The summed E-state index contributed by atoms with van der Waals surface area (Å²) in [5.41, 5.74) is 8.07. The first-order valence-electron chi connectivity index (χ1n) is 5.70. The van der Waals surface area contributed by atoms with Gasteiger partial charge in [-0.2, -0.15) is 0 Å². The maximum atomic E-state index is 13.4. The summed E-state index contributed by atoms with van der Waals surface area (Å²) in [4.78, 5) is 12.1. The van der Waals surface area contributed by atoms with Crippen molar-refractivity contribution in [2.75, 3.05) is 11.1 Å². The Morgan fingerprint density at radius 2 is 1.90 bits per heavy atom. The average Bonchev–Trinajstić information content (AvgIpc) is 2.39. The molecule has 0 aliphatic rings. The van der Waals surface area contributed by atoms with Crippen molar-refractivity contribution in [3.8, 4) is 0 Å². The van der Waals surface area contributed by atoms with Gasteiger partial charge >= 0.3 is 0 Å². The van der Waals surface area contributed by atoms with Crippen LogP contribution in [0.1, 0.15) is 15.9 Å². The molecule has 0 atom stereocenters. The molecule has 2 aromatic carbocycles. The number of nitrogens with one attached hydrogen (secondary N) is 1. The van der Waals surface area contributed by atoms with Gasteiger partial charge in [-0.05, 0) is 74.7 Å². The van der Waals surface area contributed by atoms with Crippen LogP contribution >= 0.6 is 31.9 Å². The molecule has 0 saturated heterocycles. The molecule has 6 heteroatoms. The molecule has 1 amide bonds. The van der Waals surface area contributed by atoms with Crippen molar-refractivity contribution >= 4 is 49.1 Å². The molecule has 20 heavy (non-hydrogen) atoms. The zero-order chi connectivity index (χ0) is 14.9. The number of anilines is 2. The lowest BCUT2D eigenvalue weighted by Gasteiger charge is -2.10. The van der Waals surface area contributed by atoms with Crippen LogP contribution in [0.15, 0.2) is 39.3 Å². The highest BCUT2D eigenvalue weighted by molar-refractivity contribution is 9.10. The highest BCUT2D eigenvalue weighted by atomic mass is 79.9. The molecular formula is C14H11Br2FN2O. The van der Waals surface area contributed by atoms with E-state index in [1.165, 1.54) is 18.2 Å². The van der Waals surface area contributed by atoms with E-state index in [-0.39, 0.29) is 5.56 Å². The van der Waals surface area contributed by atoms with Crippen LogP contribution in [0.3, 0.4) is 0 Å². The molecule has 104 valence electrons. The molecule has 0 radical (unpaired) electrons. The Balaban J connectivity index is 2.27. The first kappa shape index (κ1) is 15.0. The van der Waals surface area contributed by atoms with E-state index in [9.17, 15) is 9.18 Å². The van der Waals surface area contributed by atoms with Crippen molar-refractivity contribution in [3.05, 3.63) is 56.2 Å². The predicted molar refractivity (Wildman–Crippen MR) is 85.3 cm³/mol. The summed E-state index contributed by atoms with van der Waals surface area (Å²) in [5, 5.41) is 2.69. The zero-order valence-corrected chi connectivity index (χ0v) is 13.7. The van der Waals surface area contributed by atoms with E-state index >= 15 is 0 Å². The Hall–Kier alpha value is -1.40. The zero-order valence-electron chi connectivity index (χ0n) is 10.5. The standard InChI is InChI=1S/C14H11Br2FN2O/c1-7-4-10(16)13(6-12(7)18)19-14(20)8-2-3-9(15)11(17)5-8/h2-6H,18H2,1H3,(H,19,20). The van der Waals surface area contributed by atoms with Gasteiger partial charge in [0.2, 0.25) is 0 Å². The highest BCUT2D eigenvalue weighted by Crippen LogP contribution is 2.28. The molecule has 2 aromatic rings. The lowest BCUT2D eigenvalue weighted by atomic mass is 10.1. The number of halogens is 3. The summed E-state index contributed by atoms with van der Waals surface area (Å²) in [6, 6.07) is 7.67. The second-order valence-electron chi connectivity index (χ2n) is 4.27. The molecular weight excluding hydrogens is 391 g/mol. The van der Waals surface area contributed by atoms with Gasteiger partial charge in [0.05, 0.1) is 10.2 Å². The minimum Gasteiger partial charge on any atom is -0.398 e. The first-order chi connectivity index (χ1) is 9.38. The van der Waals surface area contributed by atoms with Crippen LogP contribution in [0.4, 0.5) is 15.8 Å². The maximum absolute atomic E-state index is 13.4.